The maximum Gasteiger partial charge on any atom is 0.446 e. The predicted octanol–water partition coefficient (Wildman–Crippen LogP) is 4.40. The topological polar surface area (TPSA) is 0 Å². The number of rotatable bonds is 1. The molecule has 0 N–H and O–H groups in total. The fourth-order valence-electron chi connectivity index (χ4n) is 0.892. The molecule has 6 heteroatoms. The van der Waals surface area contributed by atoms with E-state index in [0.717, 1.165) is 6.07 Å². The summed E-state index contributed by atoms with van der Waals surface area (Å²) in [5, 5.41) is -0.295. The van der Waals surface area contributed by atoms with Gasteiger partial charge in [0, 0.05) is 0 Å². The first-order chi connectivity index (χ1) is 6.29. The normalized spacial score (nSPS) is 11.9. The summed E-state index contributed by atoms with van der Waals surface area (Å²) in [6.45, 7) is 1.55. The summed E-state index contributed by atoms with van der Waals surface area (Å²) in [5.41, 5.74) is -4.01. The molecular formula is C8H5ClF4S. The molecule has 0 spiro atoms. The van der Waals surface area contributed by atoms with E-state index in [0.29, 0.717) is 5.56 Å². The van der Waals surface area contributed by atoms with Crippen LogP contribution in [-0.4, -0.2) is 5.51 Å². The van der Waals surface area contributed by atoms with Crippen LogP contribution in [-0.2, 0) is 0 Å². The van der Waals surface area contributed by atoms with Gasteiger partial charge in [-0.3, -0.25) is 0 Å². The Morgan fingerprint density at radius 3 is 2.36 bits per heavy atom. The third-order valence-corrected chi connectivity index (χ3v) is 2.39. The molecule has 0 unspecified atom stereocenters. The van der Waals surface area contributed by atoms with E-state index in [4.69, 9.17) is 11.6 Å². The van der Waals surface area contributed by atoms with Crippen LogP contribution in [0.4, 0.5) is 17.6 Å². The molecule has 1 aromatic rings. The minimum absolute atomic E-state index is 0.295. The van der Waals surface area contributed by atoms with Crippen LogP contribution in [0.25, 0.3) is 0 Å². The highest BCUT2D eigenvalue weighted by Crippen LogP contribution is 2.39. The quantitative estimate of drug-likeness (QED) is 0.521. The van der Waals surface area contributed by atoms with Crippen LogP contribution < -0.4 is 0 Å². The fraction of sp³-hybridized carbons (Fsp3) is 0.250. The van der Waals surface area contributed by atoms with Crippen LogP contribution in [0.15, 0.2) is 17.0 Å². The molecule has 0 fully saturated rings. The van der Waals surface area contributed by atoms with Crippen molar-refractivity contribution in [2.24, 2.45) is 0 Å². The summed E-state index contributed by atoms with van der Waals surface area (Å²) in [6.07, 6.45) is 0. The molecule has 0 radical (unpaired) electrons. The summed E-state index contributed by atoms with van der Waals surface area (Å²) < 4.78 is 48.9. The molecule has 0 aromatic heterocycles. The minimum atomic E-state index is -4.50. The number of halogens is 5. The van der Waals surface area contributed by atoms with Crippen LogP contribution in [0.3, 0.4) is 0 Å². The van der Waals surface area contributed by atoms with Crippen LogP contribution in [0.1, 0.15) is 5.56 Å². The molecular weight excluding hydrogens is 240 g/mol. The summed E-state index contributed by atoms with van der Waals surface area (Å²) >= 11 is 4.89. The highest BCUT2D eigenvalue weighted by molar-refractivity contribution is 8.00. The van der Waals surface area contributed by atoms with E-state index in [2.05, 4.69) is 0 Å². The molecule has 0 bridgehead atoms. The van der Waals surface area contributed by atoms with Gasteiger partial charge in [0.2, 0.25) is 0 Å². The van der Waals surface area contributed by atoms with E-state index >= 15 is 0 Å². The maximum atomic E-state index is 13.1. The lowest BCUT2D eigenvalue weighted by molar-refractivity contribution is -0.0329. The second-order valence-corrected chi connectivity index (χ2v) is 4.12. The van der Waals surface area contributed by atoms with Crippen molar-refractivity contribution in [1.82, 2.24) is 0 Å². The lowest BCUT2D eigenvalue weighted by Crippen LogP contribution is -2.00. The molecule has 0 aliphatic rings. The summed E-state index contributed by atoms with van der Waals surface area (Å²) in [5.74, 6) is -1.03. The third kappa shape index (κ3) is 3.06. The van der Waals surface area contributed by atoms with Gasteiger partial charge in [-0.25, -0.2) is 4.39 Å². The maximum absolute atomic E-state index is 13.1. The van der Waals surface area contributed by atoms with Crippen molar-refractivity contribution in [2.45, 2.75) is 17.3 Å². The van der Waals surface area contributed by atoms with E-state index in [-0.39, 0.29) is 5.02 Å². The van der Waals surface area contributed by atoms with E-state index < -0.39 is 28.0 Å². The lowest BCUT2D eigenvalue weighted by atomic mass is 10.2. The van der Waals surface area contributed by atoms with Crippen molar-refractivity contribution in [3.8, 4) is 0 Å². The van der Waals surface area contributed by atoms with E-state index in [9.17, 15) is 17.6 Å². The van der Waals surface area contributed by atoms with E-state index in [1.54, 1.807) is 6.92 Å². The Balaban J connectivity index is 3.09. The predicted molar refractivity (Wildman–Crippen MR) is 48.1 cm³/mol. The zero-order valence-corrected chi connectivity index (χ0v) is 8.53. The van der Waals surface area contributed by atoms with Crippen molar-refractivity contribution in [3.05, 3.63) is 28.5 Å². The molecule has 0 atom stereocenters. The highest BCUT2D eigenvalue weighted by atomic mass is 35.5. The monoisotopic (exact) mass is 244 g/mol. The zero-order chi connectivity index (χ0) is 10.9. The van der Waals surface area contributed by atoms with Crippen molar-refractivity contribution < 1.29 is 17.6 Å². The molecule has 14 heavy (non-hydrogen) atoms. The Kier molecular flexibility index (Phi) is 3.32. The average molecular weight is 245 g/mol. The molecule has 0 saturated carbocycles. The first-order valence-electron chi connectivity index (χ1n) is 3.51. The zero-order valence-electron chi connectivity index (χ0n) is 6.95. The third-order valence-electron chi connectivity index (χ3n) is 1.36. The molecule has 0 aliphatic carbocycles. The van der Waals surface area contributed by atoms with Crippen LogP contribution in [0.2, 0.25) is 5.02 Å². The van der Waals surface area contributed by atoms with Gasteiger partial charge in [-0.1, -0.05) is 11.6 Å². The van der Waals surface area contributed by atoms with Crippen LogP contribution >= 0.6 is 23.4 Å². The lowest BCUT2D eigenvalue weighted by Gasteiger charge is -2.08. The standard InChI is InChI=1S/C8H5ClF4S/c1-4-2-5(9)7(10)6(3-4)14-8(11,12)13/h2-3H,1H3. The summed E-state index contributed by atoms with van der Waals surface area (Å²) in [4.78, 5) is -0.498. The number of hydrogen-bond donors (Lipinski definition) is 0. The molecule has 0 heterocycles. The molecule has 1 rings (SSSR count). The molecule has 0 amide bonds. The Bertz CT molecular complexity index is 348. The van der Waals surface area contributed by atoms with Gasteiger partial charge in [-0.05, 0) is 36.4 Å². The molecule has 0 nitrogen and oxygen atoms in total. The van der Waals surface area contributed by atoms with Crippen molar-refractivity contribution in [3.63, 3.8) is 0 Å². The SMILES string of the molecule is Cc1cc(Cl)c(F)c(SC(F)(F)F)c1. The first-order valence-corrected chi connectivity index (χ1v) is 4.70. The molecule has 78 valence electrons. The largest absolute Gasteiger partial charge is 0.446 e. The number of benzene rings is 1. The van der Waals surface area contributed by atoms with Crippen molar-refractivity contribution in [2.75, 3.05) is 0 Å². The highest BCUT2D eigenvalue weighted by Gasteiger charge is 2.31. The van der Waals surface area contributed by atoms with Crippen molar-refractivity contribution in [1.29, 1.82) is 0 Å². The Labute approximate surface area is 87.2 Å². The van der Waals surface area contributed by atoms with Gasteiger partial charge in [0.1, 0.15) is 0 Å². The summed E-state index contributed by atoms with van der Waals surface area (Å²) in [7, 11) is 0. The Morgan fingerprint density at radius 2 is 1.86 bits per heavy atom. The Hall–Kier alpha value is -0.420. The minimum Gasteiger partial charge on any atom is -0.204 e. The number of aryl methyl sites for hydroxylation is 1. The van der Waals surface area contributed by atoms with E-state index in [1.165, 1.54) is 6.07 Å². The summed E-state index contributed by atoms with van der Waals surface area (Å²) in [6, 6.07) is 2.39. The Morgan fingerprint density at radius 1 is 1.29 bits per heavy atom. The second kappa shape index (κ2) is 3.98. The number of hydrogen-bond acceptors (Lipinski definition) is 1. The second-order valence-electron chi connectivity index (χ2n) is 2.61. The van der Waals surface area contributed by atoms with Gasteiger partial charge in [0.15, 0.2) is 5.82 Å². The van der Waals surface area contributed by atoms with Gasteiger partial charge >= 0.3 is 5.51 Å². The first kappa shape index (κ1) is 11.7. The van der Waals surface area contributed by atoms with Crippen LogP contribution in [0, 0.1) is 12.7 Å². The smallest absolute Gasteiger partial charge is 0.204 e. The van der Waals surface area contributed by atoms with Crippen LogP contribution in [0.5, 0.6) is 0 Å². The van der Waals surface area contributed by atoms with E-state index in [1.807, 2.05) is 0 Å². The van der Waals surface area contributed by atoms with Crippen molar-refractivity contribution >= 4 is 23.4 Å². The number of alkyl halides is 3. The molecule has 1 aromatic carbocycles. The molecule has 0 saturated heterocycles. The van der Waals surface area contributed by atoms with Gasteiger partial charge < -0.3 is 0 Å². The average Bonchev–Trinajstić information content (AvgIpc) is 1.96. The molecule has 0 aliphatic heterocycles. The fourth-order valence-corrected chi connectivity index (χ4v) is 1.92. The van der Waals surface area contributed by atoms with Gasteiger partial charge in [-0.2, -0.15) is 13.2 Å². The van der Waals surface area contributed by atoms with Gasteiger partial charge in [0.25, 0.3) is 0 Å². The number of thioether (sulfide) groups is 1. The van der Waals surface area contributed by atoms with Gasteiger partial charge in [0.05, 0.1) is 9.92 Å². The van der Waals surface area contributed by atoms with Gasteiger partial charge in [-0.15, -0.1) is 0 Å².